The fourth-order valence-electron chi connectivity index (χ4n) is 4.86. The van der Waals surface area contributed by atoms with Crippen molar-refractivity contribution in [3.05, 3.63) is 93.3 Å². The van der Waals surface area contributed by atoms with Crippen LogP contribution in [0, 0.1) is 6.92 Å². The summed E-state index contributed by atoms with van der Waals surface area (Å²) in [6.07, 6.45) is 0.245. The van der Waals surface area contributed by atoms with Gasteiger partial charge in [-0.2, -0.15) is 0 Å². The summed E-state index contributed by atoms with van der Waals surface area (Å²) in [5.41, 5.74) is -0.546. The standard InChI is InChI=1S/C26H32N2O5Si/c1-18-16-28(25(31)27-24(18)30)23-15-21(22(17-29)32-23)33-34(26(2,3)4,19-11-7-5-8-12-19)20-13-9-6-10-14-20/h5-14,16,21-23,29H,15,17H2,1-4H3,(H,27,30,31)/i29D. The van der Waals surface area contributed by atoms with E-state index in [0.29, 0.717) is 12.0 Å². The molecule has 2 aromatic carbocycles. The Morgan fingerprint density at radius 1 is 1.12 bits per heavy atom. The number of aromatic nitrogens is 2. The number of benzene rings is 2. The summed E-state index contributed by atoms with van der Waals surface area (Å²) in [6, 6.07) is 20.5. The minimum absolute atomic E-state index is 0.00352. The molecule has 0 spiro atoms. The van der Waals surface area contributed by atoms with Crippen LogP contribution in [0.25, 0.3) is 0 Å². The topological polar surface area (TPSA) is 93.5 Å². The van der Waals surface area contributed by atoms with E-state index >= 15 is 0 Å². The molecule has 34 heavy (non-hydrogen) atoms. The first-order chi connectivity index (χ1) is 16.7. The van der Waals surface area contributed by atoms with Gasteiger partial charge in [0.05, 0.1) is 12.7 Å². The summed E-state index contributed by atoms with van der Waals surface area (Å²) < 4.78 is 22.2. The van der Waals surface area contributed by atoms with E-state index < -0.39 is 38.0 Å². The van der Waals surface area contributed by atoms with Gasteiger partial charge in [-0.1, -0.05) is 81.4 Å². The maximum atomic E-state index is 12.6. The lowest BCUT2D eigenvalue weighted by atomic mass is 10.2. The van der Waals surface area contributed by atoms with E-state index in [2.05, 4.69) is 50.0 Å². The number of ether oxygens (including phenoxy) is 1. The van der Waals surface area contributed by atoms with E-state index in [1.807, 2.05) is 36.4 Å². The number of H-pyrrole nitrogens is 1. The van der Waals surface area contributed by atoms with E-state index in [1.165, 1.54) is 10.8 Å². The zero-order valence-corrected chi connectivity index (χ0v) is 21.0. The molecule has 7 nitrogen and oxygen atoms in total. The molecule has 2 N–H and O–H groups in total. The predicted octanol–water partition coefficient (Wildman–Crippen LogP) is 2.07. The lowest BCUT2D eigenvalue weighted by Gasteiger charge is -2.45. The molecule has 1 aliphatic heterocycles. The van der Waals surface area contributed by atoms with Crippen molar-refractivity contribution >= 4 is 18.7 Å². The number of nitrogens with one attached hydrogen (secondary N) is 1. The summed E-state index contributed by atoms with van der Waals surface area (Å²) in [6.45, 7) is 8.22. The minimum Gasteiger partial charge on any atom is -0.402 e. The van der Waals surface area contributed by atoms with Crippen LogP contribution in [0.2, 0.25) is 5.04 Å². The van der Waals surface area contributed by atoms with Gasteiger partial charge in [0.25, 0.3) is 13.9 Å². The number of hydrogen-bond donors (Lipinski definition) is 2. The number of hydrogen-bond acceptors (Lipinski definition) is 5. The monoisotopic (exact) mass is 481 g/mol. The molecule has 3 atom stereocenters. The molecule has 8 heteroatoms. The lowest BCUT2D eigenvalue weighted by Crippen LogP contribution is -2.68. The SMILES string of the molecule is [2H]OCC1OC(n2cc(C)c(=O)[nH]c2=O)CC1O[Si](c1ccccc1)(c1ccccc1)C(C)(C)C. The molecule has 3 unspecified atom stereocenters. The van der Waals surface area contributed by atoms with Gasteiger partial charge >= 0.3 is 5.69 Å². The molecule has 0 saturated carbocycles. The van der Waals surface area contributed by atoms with Gasteiger partial charge in [-0.25, -0.2) is 4.79 Å². The maximum absolute atomic E-state index is 12.6. The fourth-order valence-corrected chi connectivity index (χ4v) is 9.58. The summed E-state index contributed by atoms with van der Waals surface area (Å²) in [4.78, 5) is 26.8. The highest BCUT2D eigenvalue weighted by atomic mass is 28.4. The molecule has 0 aliphatic carbocycles. The van der Waals surface area contributed by atoms with Crippen LogP contribution < -0.4 is 21.6 Å². The molecule has 1 aromatic heterocycles. The average Bonchev–Trinajstić information content (AvgIpc) is 3.22. The Bertz CT molecular complexity index is 1220. The predicted molar refractivity (Wildman–Crippen MR) is 134 cm³/mol. The van der Waals surface area contributed by atoms with Crippen LogP contribution in [0.5, 0.6) is 0 Å². The van der Waals surface area contributed by atoms with Crippen molar-refractivity contribution in [2.45, 2.75) is 57.6 Å². The summed E-state index contributed by atoms with van der Waals surface area (Å²) in [7, 11) is -2.89. The molecule has 0 amide bonds. The number of aliphatic hydroxyl groups excluding tert-OH is 1. The van der Waals surface area contributed by atoms with Crippen LogP contribution in [0.1, 0.15) is 39.0 Å². The minimum atomic E-state index is -2.89. The van der Waals surface area contributed by atoms with Gasteiger partial charge in [0.2, 0.25) is 1.43 Å². The van der Waals surface area contributed by atoms with E-state index in [0.717, 1.165) is 10.4 Å². The van der Waals surface area contributed by atoms with Crippen LogP contribution in [-0.4, -0.2) is 43.2 Å². The van der Waals surface area contributed by atoms with E-state index in [-0.39, 0.29) is 11.6 Å². The molecular formula is C26H32N2O5Si. The molecule has 0 radical (unpaired) electrons. The first-order valence-electron chi connectivity index (χ1n) is 11.9. The number of aryl methyl sites for hydroxylation is 1. The van der Waals surface area contributed by atoms with Gasteiger partial charge in [-0.05, 0) is 22.3 Å². The van der Waals surface area contributed by atoms with Crippen LogP contribution in [0.3, 0.4) is 0 Å². The second-order valence-electron chi connectivity index (χ2n) is 9.83. The van der Waals surface area contributed by atoms with Gasteiger partial charge in [0.15, 0.2) is 0 Å². The van der Waals surface area contributed by atoms with Crippen molar-refractivity contribution in [1.82, 2.24) is 9.55 Å². The Hall–Kier alpha value is -2.78. The zero-order valence-electron chi connectivity index (χ0n) is 21.0. The zero-order chi connectivity index (χ0) is 25.2. The number of aliphatic hydroxyl groups is 1. The second kappa shape index (κ2) is 9.46. The van der Waals surface area contributed by atoms with E-state index in [1.54, 1.807) is 6.92 Å². The first-order valence-corrected chi connectivity index (χ1v) is 13.4. The third-order valence-corrected chi connectivity index (χ3v) is 11.6. The smallest absolute Gasteiger partial charge is 0.330 e. The molecule has 1 fully saturated rings. The lowest BCUT2D eigenvalue weighted by molar-refractivity contribution is -0.0434. The number of nitrogens with zero attached hydrogens (tertiary/aromatic N) is 1. The average molecular weight is 482 g/mol. The first kappa shape index (κ1) is 23.0. The van der Waals surface area contributed by atoms with Crippen molar-refractivity contribution in [2.75, 3.05) is 6.61 Å². The molecular weight excluding hydrogens is 448 g/mol. The van der Waals surface area contributed by atoms with Crippen molar-refractivity contribution in [3.63, 3.8) is 0 Å². The molecule has 1 aliphatic rings. The van der Waals surface area contributed by atoms with Gasteiger partial charge < -0.3 is 14.3 Å². The van der Waals surface area contributed by atoms with Crippen LogP contribution in [0.15, 0.2) is 76.4 Å². The Balaban J connectivity index is 1.80. The van der Waals surface area contributed by atoms with Crippen molar-refractivity contribution < 1.29 is 14.3 Å². The normalized spacial score (nSPS) is 21.4. The third kappa shape index (κ3) is 4.34. The van der Waals surface area contributed by atoms with Crippen LogP contribution in [0.4, 0.5) is 0 Å². The fraction of sp³-hybridized carbons (Fsp3) is 0.385. The maximum Gasteiger partial charge on any atom is 0.330 e. The summed E-state index contributed by atoms with van der Waals surface area (Å²) in [5.74, 6) is 0. The Morgan fingerprint density at radius 2 is 1.71 bits per heavy atom. The van der Waals surface area contributed by atoms with Crippen LogP contribution >= 0.6 is 0 Å². The van der Waals surface area contributed by atoms with Gasteiger partial charge in [0.1, 0.15) is 12.3 Å². The third-order valence-electron chi connectivity index (χ3n) is 6.55. The van der Waals surface area contributed by atoms with Crippen molar-refractivity contribution in [1.29, 1.82) is 1.43 Å². The summed E-state index contributed by atoms with van der Waals surface area (Å²) in [5, 5.41) is 6.75. The Kier molecular flexibility index (Phi) is 6.39. The second-order valence-corrected chi connectivity index (χ2v) is 14.1. The van der Waals surface area contributed by atoms with Gasteiger partial charge in [0, 0.05) is 18.2 Å². The van der Waals surface area contributed by atoms with E-state index in [9.17, 15) is 9.59 Å². The Morgan fingerprint density at radius 3 is 2.24 bits per heavy atom. The van der Waals surface area contributed by atoms with E-state index in [4.69, 9.17) is 15.7 Å². The highest BCUT2D eigenvalue weighted by Gasteiger charge is 2.53. The number of aromatic amines is 1. The molecule has 180 valence electrons. The molecule has 1 saturated heterocycles. The molecule has 3 aromatic rings. The van der Waals surface area contributed by atoms with Crippen molar-refractivity contribution in [3.8, 4) is 0 Å². The van der Waals surface area contributed by atoms with Gasteiger partial charge in [-0.15, -0.1) is 0 Å². The van der Waals surface area contributed by atoms with Crippen LogP contribution in [-0.2, 0) is 9.16 Å². The van der Waals surface area contributed by atoms with Gasteiger partial charge in [-0.3, -0.25) is 14.3 Å². The molecule has 4 rings (SSSR count). The molecule has 2 heterocycles. The highest BCUT2D eigenvalue weighted by Crippen LogP contribution is 2.41. The largest absolute Gasteiger partial charge is 0.402 e. The quantitative estimate of drug-likeness (QED) is 0.504. The van der Waals surface area contributed by atoms with Crippen molar-refractivity contribution in [2.24, 2.45) is 0 Å². The highest BCUT2D eigenvalue weighted by molar-refractivity contribution is 6.99. The number of rotatable bonds is 7. The summed E-state index contributed by atoms with van der Waals surface area (Å²) >= 11 is 0. The Labute approximate surface area is 201 Å². The molecule has 0 bridgehead atoms.